The van der Waals surface area contributed by atoms with Crippen molar-refractivity contribution < 1.29 is 4.74 Å². The number of aromatic nitrogens is 2. The Morgan fingerprint density at radius 2 is 1.94 bits per heavy atom. The minimum absolute atomic E-state index is 0.826. The summed E-state index contributed by atoms with van der Waals surface area (Å²) in [6, 6.07) is 11.9. The number of nitrogens with zero attached hydrogens (tertiary/aromatic N) is 2. The van der Waals surface area contributed by atoms with Crippen LogP contribution in [0.4, 0.5) is 0 Å². The third-order valence-electron chi connectivity index (χ3n) is 2.90. The molecule has 0 aliphatic rings. The summed E-state index contributed by atoms with van der Waals surface area (Å²) in [6.07, 6.45) is 5.41. The third-order valence-corrected chi connectivity index (χ3v) is 2.90. The molecule has 0 spiro atoms. The van der Waals surface area contributed by atoms with E-state index in [1.807, 2.05) is 36.5 Å². The summed E-state index contributed by atoms with van der Waals surface area (Å²) in [4.78, 5) is 8.51. The van der Waals surface area contributed by atoms with Crippen molar-refractivity contribution in [3.8, 4) is 17.0 Å². The zero-order valence-electron chi connectivity index (χ0n) is 10.00. The van der Waals surface area contributed by atoms with Gasteiger partial charge in [0.1, 0.15) is 5.75 Å². The van der Waals surface area contributed by atoms with Crippen LogP contribution in [-0.2, 0) is 0 Å². The molecule has 3 aromatic rings. The summed E-state index contributed by atoms with van der Waals surface area (Å²) in [5.74, 6) is 0.826. The average Bonchev–Trinajstić information content (AvgIpc) is 2.46. The van der Waals surface area contributed by atoms with E-state index >= 15 is 0 Å². The lowest BCUT2D eigenvalue weighted by molar-refractivity contribution is 0.417. The van der Waals surface area contributed by atoms with Gasteiger partial charge in [-0.25, -0.2) is 0 Å². The first-order valence-corrected chi connectivity index (χ1v) is 5.71. The molecule has 18 heavy (non-hydrogen) atoms. The van der Waals surface area contributed by atoms with Gasteiger partial charge in [0.05, 0.1) is 12.8 Å². The Morgan fingerprint density at radius 1 is 1.00 bits per heavy atom. The first kappa shape index (κ1) is 10.7. The average molecular weight is 236 g/mol. The van der Waals surface area contributed by atoms with E-state index in [0.29, 0.717) is 0 Å². The summed E-state index contributed by atoms with van der Waals surface area (Å²) < 4.78 is 5.45. The first-order chi connectivity index (χ1) is 8.88. The molecule has 0 atom stereocenters. The Balaban J connectivity index is 2.27. The van der Waals surface area contributed by atoms with Crippen molar-refractivity contribution in [3.05, 3.63) is 55.0 Å². The molecule has 0 aliphatic heterocycles. The smallest absolute Gasteiger partial charge is 0.128 e. The van der Waals surface area contributed by atoms with Crippen LogP contribution in [0.15, 0.2) is 55.0 Å². The minimum Gasteiger partial charge on any atom is -0.496 e. The van der Waals surface area contributed by atoms with Crippen LogP contribution in [0.1, 0.15) is 0 Å². The molecule has 3 heteroatoms. The predicted octanol–water partition coefficient (Wildman–Crippen LogP) is 3.31. The molecule has 0 saturated heterocycles. The van der Waals surface area contributed by atoms with E-state index in [1.54, 1.807) is 19.5 Å². The van der Waals surface area contributed by atoms with Gasteiger partial charge in [0.25, 0.3) is 0 Å². The van der Waals surface area contributed by atoms with Crippen LogP contribution in [0.5, 0.6) is 5.75 Å². The van der Waals surface area contributed by atoms with Gasteiger partial charge in [0, 0.05) is 29.5 Å². The molecule has 88 valence electrons. The van der Waals surface area contributed by atoms with Crippen molar-refractivity contribution in [1.29, 1.82) is 0 Å². The highest BCUT2D eigenvalue weighted by Crippen LogP contribution is 2.32. The Morgan fingerprint density at radius 3 is 2.72 bits per heavy atom. The zero-order valence-corrected chi connectivity index (χ0v) is 10.00. The molecule has 0 aliphatic carbocycles. The lowest BCUT2D eigenvalue weighted by Gasteiger charge is -2.09. The van der Waals surface area contributed by atoms with Crippen LogP contribution in [0, 0.1) is 0 Å². The van der Waals surface area contributed by atoms with E-state index in [2.05, 4.69) is 16.0 Å². The van der Waals surface area contributed by atoms with Gasteiger partial charge in [-0.15, -0.1) is 0 Å². The maximum Gasteiger partial charge on any atom is 0.128 e. The third kappa shape index (κ3) is 1.80. The highest BCUT2D eigenvalue weighted by atomic mass is 16.5. The van der Waals surface area contributed by atoms with E-state index < -0.39 is 0 Å². The van der Waals surface area contributed by atoms with Gasteiger partial charge >= 0.3 is 0 Å². The van der Waals surface area contributed by atoms with Gasteiger partial charge in [-0.2, -0.15) is 0 Å². The number of hydrogen-bond acceptors (Lipinski definition) is 3. The molecular formula is C15H12N2O. The Bertz CT molecular complexity index is 680. The molecule has 0 saturated carbocycles. The van der Waals surface area contributed by atoms with Gasteiger partial charge in [-0.3, -0.25) is 9.97 Å². The number of pyridine rings is 2. The largest absolute Gasteiger partial charge is 0.496 e. The molecule has 0 fully saturated rings. The van der Waals surface area contributed by atoms with Crippen molar-refractivity contribution in [2.45, 2.75) is 0 Å². The second-order valence-corrected chi connectivity index (χ2v) is 3.99. The second-order valence-electron chi connectivity index (χ2n) is 3.99. The number of fused-ring (bicyclic) bond motifs is 1. The van der Waals surface area contributed by atoms with Crippen LogP contribution in [0.3, 0.4) is 0 Å². The van der Waals surface area contributed by atoms with Crippen LogP contribution in [0.25, 0.3) is 22.0 Å². The van der Waals surface area contributed by atoms with Crippen LogP contribution < -0.4 is 4.74 Å². The summed E-state index contributed by atoms with van der Waals surface area (Å²) in [6.45, 7) is 0. The van der Waals surface area contributed by atoms with Gasteiger partial charge in [0.2, 0.25) is 0 Å². The zero-order chi connectivity index (χ0) is 12.4. The maximum atomic E-state index is 5.45. The SMILES string of the molecule is COc1cc2ccncc2cc1-c1ccccn1. The minimum atomic E-state index is 0.826. The summed E-state index contributed by atoms with van der Waals surface area (Å²) in [5.41, 5.74) is 1.89. The van der Waals surface area contributed by atoms with E-state index in [1.165, 1.54) is 0 Å². The van der Waals surface area contributed by atoms with Crippen LogP contribution >= 0.6 is 0 Å². The molecule has 3 nitrogen and oxygen atoms in total. The van der Waals surface area contributed by atoms with Crippen molar-refractivity contribution in [2.24, 2.45) is 0 Å². The number of hydrogen-bond donors (Lipinski definition) is 0. The topological polar surface area (TPSA) is 35.0 Å². The van der Waals surface area contributed by atoms with Crippen LogP contribution in [0.2, 0.25) is 0 Å². The van der Waals surface area contributed by atoms with Crippen molar-refractivity contribution in [1.82, 2.24) is 9.97 Å². The molecule has 0 unspecified atom stereocenters. The monoisotopic (exact) mass is 236 g/mol. The number of rotatable bonds is 2. The molecule has 2 aromatic heterocycles. The summed E-state index contributed by atoms with van der Waals surface area (Å²) in [5, 5.41) is 2.19. The molecule has 1 aromatic carbocycles. The fraction of sp³-hybridized carbons (Fsp3) is 0.0667. The molecule has 3 rings (SSSR count). The van der Waals surface area contributed by atoms with Crippen molar-refractivity contribution in [2.75, 3.05) is 7.11 Å². The van der Waals surface area contributed by atoms with Crippen molar-refractivity contribution >= 4 is 10.8 Å². The lowest BCUT2D eigenvalue weighted by Crippen LogP contribution is -1.90. The van der Waals surface area contributed by atoms with Crippen LogP contribution in [-0.4, -0.2) is 17.1 Å². The summed E-state index contributed by atoms with van der Waals surface area (Å²) in [7, 11) is 1.68. The maximum absolute atomic E-state index is 5.45. The van der Waals surface area contributed by atoms with Crippen molar-refractivity contribution in [3.63, 3.8) is 0 Å². The Hall–Kier alpha value is -2.42. The van der Waals surface area contributed by atoms with Gasteiger partial charge in [0.15, 0.2) is 0 Å². The fourth-order valence-corrected chi connectivity index (χ4v) is 2.01. The molecule has 0 radical (unpaired) electrons. The normalized spacial score (nSPS) is 10.5. The number of ether oxygens (including phenoxy) is 1. The molecule has 0 bridgehead atoms. The van der Waals surface area contributed by atoms with Gasteiger partial charge in [-0.05, 0) is 35.7 Å². The van der Waals surface area contributed by atoms with E-state index in [4.69, 9.17) is 4.74 Å². The highest BCUT2D eigenvalue weighted by Gasteiger charge is 2.08. The standard InChI is InChI=1S/C15H12N2O/c1-18-15-9-11-5-7-16-10-12(11)8-13(15)14-4-2-3-6-17-14/h2-10H,1H3. The van der Waals surface area contributed by atoms with E-state index in [0.717, 1.165) is 27.8 Å². The molecule has 0 N–H and O–H groups in total. The van der Waals surface area contributed by atoms with E-state index in [9.17, 15) is 0 Å². The van der Waals surface area contributed by atoms with E-state index in [-0.39, 0.29) is 0 Å². The van der Waals surface area contributed by atoms with Gasteiger partial charge < -0.3 is 4.74 Å². The Labute approximate surface area is 105 Å². The lowest BCUT2D eigenvalue weighted by atomic mass is 10.0. The first-order valence-electron chi connectivity index (χ1n) is 5.71. The molecular weight excluding hydrogens is 224 g/mol. The summed E-state index contributed by atoms with van der Waals surface area (Å²) >= 11 is 0. The number of benzene rings is 1. The quantitative estimate of drug-likeness (QED) is 0.684. The van der Waals surface area contributed by atoms with Gasteiger partial charge in [-0.1, -0.05) is 6.07 Å². The second kappa shape index (κ2) is 4.45. The highest BCUT2D eigenvalue weighted by molar-refractivity contribution is 5.89. The molecule has 2 heterocycles. The Kier molecular flexibility index (Phi) is 2.65. The molecule has 0 amide bonds. The number of methoxy groups -OCH3 is 1. The predicted molar refractivity (Wildman–Crippen MR) is 71.5 cm³/mol. The fourth-order valence-electron chi connectivity index (χ4n) is 2.01.